The molecule has 6 heteroatoms. The number of rotatable bonds is 5. The summed E-state index contributed by atoms with van der Waals surface area (Å²) in [6.45, 7) is 5.58. The van der Waals surface area contributed by atoms with Crippen LogP contribution in [0.1, 0.15) is 30.9 Å². The molecule has 132 valence electrons. The number of hydrogen-bond donors (Lipinski definition) is 5. The molecule has 0 amide bonds. The number of pyridine rings is 1. The third-order valence-electron chi connectivity index (χ3n) is 5.92. The summed E-state index contributed by atoms with van der Waals surface area (Å²) in [5.74, 6) is 1.50. The molecule has 0 spiro atoms. The summed E-state index contributed by atoms with van der Waals surface area (Å²) in [6.07, 6.45) is 7.63. The molecule has 3 saturated heterocycles. The van der Waals surface area contributed by atoms with Crippen molar-refractivity contribution in [2.24, 2.45) is 11.8 Å². The molecule has 3 fully saturated rings. The normalized spacial score (nSPS) is 34.2. The number of aromatic nitrogens is 1. The van der Waals surface area contributed by atoms with Crippen molar-refractivity contribution >= 4 is 0 Å². The molecule has 4 atom stereocenters. The van der Waals surface area contributed by atoms with E-state index in [9.17, 15) is 0 Å². The van der Waals surface area contributed by atoms with Crippen LogP contribution in [0.5, 0.6) is 0 Å². The van der Waals surface area contributed by atoms with Gasteiger partial charge in [0.2, 0.25) is 0 Å². The Morgan fingerprint density at radius 1 is 1.17 bits per heavy atom. The van der Waals surface area contributed by atoms with Gasteiger partial charge in [-0.3, -0.25) is 15.8 Å². The second kappa shape index (κ2) is 7.89. The first-order chi connectivity index (χ1) is 11.9. The largest absolute Gasteiger partial charge is 0.317 e. The standard InChI is InChI=1S/C18H30N6/c1-2-14(10-20-5-1)16-8-15-17(23-24-18(15)12-22-16)11-21-9-13-3-6-19-7-4-13/h1-2,5,10,13,15-19,21-24H,3-4,6-9,11-12H2. The topological polar surface area (TPSA) is 73.0 Å². The number of nitrogens with one attached hydrogen (secondary N) is 5. The zero-order chi connectivity index (χ0) is 16.2. The summed E-state index contributed by atoms with van der Waals surface area (Å²) in [6, 6.07) is 5.69. The SMILES string of the molecule is c1cncc(C2CC3C(CNCC4CCNCC4)NNC3CN2)c1. The van der Waals surface area contributed by atoms with Crippen LogP contribution in [0.15, 0.2) is 24.5 Å². The number of hydrazine groups is 1. The lowest BCUT2D eigenvalue weighted by Gasteiger charge is -2.34. The van der Waals surface area contributed by atoms with Gasteiger partial charge < -0.3 is 16.0 Å². The van der Waals surface area contributed by atoms with Crippen molar-refractivity contribution in [2.45, 2.75) is 37.4 Å². The van der Waals surface area contributed by atoms with Crippen molar-refractivity contribution in [1.82, 2.24) is 31.8 Å². The van der Waals surface area contributed by atoms with E-state index in [1.807, 2.05) is 18.5 Å². The van der Waals surface area contributed by atoms with Gasteiger partial charge in [0.05, 0.1) is 0 Å². The van der Waals surface area contributed by atoms with Crippen LogP contribution in [0, 0.1) is 11.8 Å². The van der Waals surface area contributed by atoms with Gasteiger partial charge in [0, 0.05) is 43.6 Å². The van der Waals surface area contributed by atoms with E-state index in [2.05, 4.69) is 37.9 Å². The van der Waals surface area contributed by atoms with Crippen LogP contribution in [-0.4, -0.2) is 49.8 Å². The highest BCUT2D eigenvalue weighted by Crippen LogP contribution is 2.31. The fraction of sp³-hybridized carbons (Fsp3) is 0.722. The highest BCUT2D eigenvalue weighted by molar-refractivity contribution is 5.16. The van der Waals surface area contributed by atoms with Crippen molar-refractivity contribution in [3.05, 3.63) is 30.1 Å². The summed E-state index contributed by atoms with van der Waals surface area (Å²) in [5.41, 5.74) is 8.33. The third kappa shape index (κ3) is 3.78. The lowest BCUT2D eigenvalue weighted by Crippen LogP contribution is -2.47. The van der Waals surface area contributed by atoms with Gasteiger partial charge in [-0.1, -0.05) is 6.07 Å². The van der Waals surface area contributed by atoms with E-state index in [-0.39, 0.29) is 0 Å². The Labute approximate surface area is 144 Å². The summed E-state index contributed by atoms with van der Waals surface area (Å²) in [7, 11) is 0. The first-order valence-electron chi connectivity index (χ1n) is 9.46. The van der Waals surface area contributed by atoms with E-state index in [1.54, 1.807) is 0 Å². The average Bonchev–Trinajstić information content (AvgIpc) is 3.06. The molecular weight excluding hydrogens is 300 g/mol. The molecule has 1 aromatic rings. The average molecular weight is 330 g/mol. The molecule has 4 heterocycles. The summed E-state index contributed by atoms with van der Waals surface area (Å²) >= 11 is 0. The van der Waals surface area contributed by atoms with Crippen LogP contribution in [0.4, 0.5) is 0 Å². The van der Waals surface area contributed by atoms with E-state index in [1.165, 1.54) is 31.5 Å². The highest BCUT2D eigenvalue weighted by Gasteiger charge is 2.40. The number of piperidine rings is 2. The Bertz CT molecular complexity index is 503. The second-order valence-electron chi connectivity index (χ2n) is 7.50. The molecule has 4 rings (SSSR count). The van der Waals surface area contributed by atoms with Crippen LogP contribution >= 0.6 is 0 Å². The van der Waals surface area contributed by atoms with Crippen molar-refractivity contribution in [2.75, 3.05) is 32.7 Å². The predicted octanol–water partition coefficient (Wildman–Crippen LogP) is 0.166. The predicted molar refractivity (Wildman–Crippen MR) is 95.4 cm³/mol. The maximum absolute atomic E-state index is 4.28. The van der Waals surface area contributed by atoms with Crippen molar-refractivity contribution < 1.29 is 0 Å². The number of nitrogens with zero attached hydrogens (tertiary/aromatic N) is 1. The minimum absolute atomic E-state index is 0.425. The van der Waals surface area contributed by atoms with Crippen molar-refractivity contribution in [1.29, 1.82) is 0 Å². The van der Waals surface area contributed by atoms with Gasteiger partial charge in [0.15, 0.2) is 0 Å². The second-order valence-corrected chi connectivity index (χ2v) is 7.50. The van der Waals surface area contributed by atoms with Crippen LogP contribution in [-0.2, 0) is 0 Å². The van der Waals surface area contributed by atoms with E-state index < -0.39 is 0 Å². The molecule has 4 unspecified atom stereocenters. The van der Waals surface area contributed by atoms with Gasteiger partial charge in [-0.15, -0.1) is 0 Å². The molecule has 3 aliphatic rings. The number of fused-ring (bicyclic) bond motifs is 1. The van der Waals surface area contributed by atoms with Crippen LogP contribution in [0.2, 0.25) is 0 Å². The molecule has 0 saturated carbocycles. The fourth-order valence-electron chi connectivity index (χ4n) is 4.43. The maximum atomic E-state index is 4.28. The van der Waals surface area contributed by atoms with Crippen molar-refractivity contribution in [3.8, 4) is 0 Å². The lowest BCUT2D eigenvalue weighted by molar-refractivity contribution is 0.259. The zero-order valence-electron chi connectivity index (χ0n) is 14.3. The Hall–Kier alpha value is -1.05. The molecule has 1 aromatic heterocycles. The third-order valence-corrected chi connectivity index (χ3v) is 5.92. The van der Waals surface area contributed by atoms with Gasteiger partial charge in [0.1, 0.15) is 0 Å². The van der Waals surface area contributed by atoms with E-state index in [0.29, 0.717) is 24.0 Å². The first kappa shape index (κ1) is 16.4. The monoisotopic (exact) mass is 330 g/mol. The van der Waals surface area contributed by atoms with Crippen molar-refractivity contribution in [3.63, 3.8) is 0 Å². The molecular formula is C18H30N6. The Morgan fingerprint density at radius 2 is 2.08 bits per heavy atom. The van der Waals surface area contributed by atoms with Crippen LogP contribution < -0.4 is 26.8 Å². The number of hydrogen-bond acceptors (Lipinski definition) is 6. The Kier molecular flexibility index (Phi) is 5.40. The van der Waals surface area contributed by atoms with Crippen LogP contribution in [0.3, 0.4) is 0 Å². The molecule has 0 radical (unpaired) electrons. The molecule has 6 nitrogen and oxygen atoms in total. The highest BCUT2D eigenvalue weighted by atomic mass is 15.4. The molecule has 0 aromatic carbocycles. The van der Waals surface area contributed by atoms with E-state index in [4.69, 9.17) is 0 Å². The minimum Gasteiger partial charge on any atom is -0.317 e. The van der Waals surface area contributed by atoms with E-state index in [0.717, 1.165) is 32.0 Å². The quantitative estimate of drug-likeness (QED) is 0.530. The summed E-state index contributed by atoms with van der Waals surface area (Å²) in [5, 5.41) is 10.8. The van der Waals surface area contributed by atoms with Gasteiger partial charge in [-0.2, -0.15) is 0 Å². The summed E-state index contributed by atoms with van der Waals surface area (Å²) < 4.78 is 0. The Morgan fingerprint density at radius 3 is 2.92 bits per heavy atom. The molecule has 3 aliphatic heterocycles. The van der Waals surface area contributed by atoms with Crippen LogP contribution in [0.25, 0.3) is 0 Å². The lowest BCUT2D eigenvalue weighted by atomic mass is 9.82. The summed E-state index contributed by atoms with van der Waals surface area (Å²) in [4.78, 5) is 4.28. The molecule has 24 heavy (non-hydrogen) atoms. The van der Waals surface area contributed by atoms with E-state index >= 15 is 0 Å². The van der Waals surface area contributed by atoms with Gasteiger partial charge in [-0.25, -0.2) is 0 Å². The van der Waals surface area contributed by atoms with Gasteiger partial charge in [0.25, 0.3) is 0 Å². The Balaban J connectivity index is 1.29. The molecule has 0 bridgehead atoms. The maximum Gasteiger partial charge on any atom is 0.0382 e. The smallest absolute Gasteiger partial charge is 0.0382 e. The molecule has 5 N–H and O–H groups in total. The fourth-order valence-corrected chi connectivity index (χ4v) is 4.43. The first-order valence-corrected chi connectivity index (χ1v) is 9.46. The van der Waals surface area contributed by atoms with Gasteiger partial charge in [-0.05, 0) is 62.4 Å². The minimum atomic E-state index is 0.425. The molecule has 0 aliphatic carbocycles. The zero-order valence-corrected chi connectivity index (χ0v) is 14.3. The van der Waals surface area contributed by atoms with Gasteiger partial charge >= 0.3 is 0 Å².